The summed E-state index contributed by atoms with van der Waals surface area (Å²) in [6.07, 6.45) is 0.482. The van der Waals surface area contributed by atoms with Crippen molar-refractivity contribution in [1.29, 1.82) is 0 Å². The molecule has 0 aliphatic rings. The summed E-state index contributed by atoms with van der Waals surface area (Å²) in [7, 11) is -3.72. The molecule has 0 radical (unpaired) electrons. The Kier molecular flexibility index (Phi) is 5.49. The number of hydrogen-bond donors (Lipinski definition) is 3. The highest BCUT2D eigenvalue weighted by Gasteiger charge is 2.22. The van der Waals surface area contributed by atoms with E-state index in [0.717, 1.165) is 0 Å². The van der Waals surface area contributed by atoms with Crippen LogP contribution in [0.3, 0.4) is 0 Å². The van der Waals surface area contributed by atoms with E-state index in [1.54, 1.807) is 13.0 Å². The van der Waals surface area contributed by atoms with E-state index >= 15 is 0 Å². The van der Waals surface area contributed by atoms with Crippen molar-refractivity contribution in [2.24, 2.45) is 11.1 Å². The third-order valence-corrected chi connectivity index (χ3v) is 4.71. The summed E-state index contributed by atoms with van der Waals surface area (Å²) >= 11 is 0. The van der Waals surface area contributed by atoms with Crippen LogP contribution in [0.5, 0.6) is 0 Å². The topological polar surface area (TPSA) is 109 Å². The van der Waals surface area contributed by atoms with E-state index in [0.29, 0.717) is 12.0 Å². The number of benzene rings is 1. The van der Waals surface area contributed by atoms with Crippen molar-refractivity contribution in [3.63, 3.8) is 0 Å². The molecule has 1 amide bonds. The van der Waals surface area contributed by atoms with E-state index in [1.807, 2.05) is 13.8 Å². The molecule has 118 valence electrons. The molecule has 0 aromatic heterocycles. The van der Waals surface area contributed by atoms with Crippen molar-refractivity contribution >= 4 is 15.9 Å². The molecule has 0 unspecified atom stereocenters. The average Bonchev–Trinajstić information content (AvgIpc) is 2.36. The Morgan fingerprint density at radius 2 is 2.00 bits per heavy atom. The van der Waals surface area contributed by atoms with Gasteiger partial charge in [0, 0.05) is 18.7 Å². The third kappa shape index (κ3) is 4.80. The lowest BCUT2D eigenvalue weighted by molar-refractivity contribution is 0.0999. The van der Waals surface area contributed by atoms with E-state index < -0.39 is 15.9 Å². The van der Waals surface area contributed by atoms with Gasteiger partial charge in [-0.15, -0.1) is 0 Å². The molecule has 7 heteroatoms. The Hall–Kier alpha value is -1.44. The van der Waals surface area contributed by atoms with Gasteiger partial charge in [-0.2, -0.15) is 0 Å². The van der Waals surface area contributed by atoms with E-state index in [2.05, 4.69) is 4.72 Å². The predicted molar refractivity (Wildman–Crippen MR) is 80.4 cm³/mol. The number of sulfonamides is 1. The van der Waals surface area contributed by atoms with Crippen molar-refractivity contribution in [3.05, 3.63) is 29.3 Å². The van der Waals surface area contributed by atoms with E-state index in [-0.39, 0.29) is 29.0 Å². The number of nitrogens with two attached hydrogens (primary N) is 1. The Labute approximate surface area is 125 Å². The van der Waals surface area contributed by atoms with Gasteiger partial charge in [0.05, 0.1) is 4.90 Å². The molecule has 0 aliphatic carbocycles. The monoisotopic (exact) mass is 314 g/mol. The minimum Gasteiger partial charge on any atom is -0.396 e. The van der Waals surface area contributed by atoms with Gasteiger partial charge in [0.2, 0.25) is 15.9 Å². The zero-order valence-corrected chi connectivity index (χ0v) is 13.3. The number of carbonyl (C=O) groups is 1. The van der Waals surface area contributed by atoms with Gasteiger partial charge in [-0.3, -0.25) is 4.79 Å². The third-order valence-electron chi connectivity index (χ3n) is 3.31. The van der Waals surface area contributed by atoms with E-state index in [1.165, 1.54) is 12.1 Å². The Morgan fingerprint density at radius 1 is 1.38 bits per heavy atom. The van der Waals surface area contributed by atoms with Crippen LogP contribution in [-0.4, -0.2) is 32.6 Å². The minimum atomic E-state index is -3.72. The lowest BCUT2D eigenvalue weighted by atomic mass is 9.90. The number of aliphatic hydroxyl groups excluding tert-OH is 1. The van der Waals surface area contributed by atoms with Crippen LogP contribution >= 0.6 is 0 Å². The van der Waals surface area contributed by atoms with Crippen LogP contribution in [-0.2, 0) is 10.0 Å². The van der Waals surface area contributed by atoms with Crippen LogP contribution in [0.25, 0.3) is 0 Å². The van der Waals surface area contributed by atoms with E-state index in [9.17, 15) is 13.2 Å². The second-order valence-electron chi connectivity index (χ2n) is 5.80. The Morgan fingerprint density at radius 3 is 2.52 bits per heavy atom. The van der Waals surface area contributed by atoms with Gasteiger partial charge >= 0.3 is 0 Å². The summed E-state index contributed by atoms with van der Waals surface area (Å²) in [6, 6.07) is 4.26. The quantitative estimate of drug-likeness (QED) is 0.691. The lowest BCUT2D eigenvalue weighted by Gasteiger charge is -2.23. The molecule has 0 aliphatic heterocycles. The maximum atomic E-state index is 12.2. The molecule has 0 bridgehead atoms. The fourth-order valence-electron chi connectivity index (χ4n) is 1.80. The van der Waals surface area contributed by atoms with Crippen molar-refractivity contribution in [3.8, 4) is 0 Å². The summed E-state index contributed by atoms with van der Waals surface area (Å²) in [4.78, 5) is 11.3. The van der Waals surface area contributed by atoms with Crippen LogP contribution in [0.15, 0.2) is 23.1 Å². The largest absolute Gasteiger partial charge is 0.396 e. The highest BCUT2D eigenvalue weighted by atomic mass is 32.2. The van der Waals surface area contributed by atoms with Crippen molar-refractivity contribution in [2.45, 2.75) is 32.1 Å². The molecule has 0 fully saturated rings. The second kappa shape index (κ2) is 6.55. The fraction of sp³-hybridized carbons (Fsp3) is 0.500. The number of carbonyl (C=O) groups excluding carboxylic acids is 1. The molecular formula is C14H22N2O4S. The number of nitrogens with one attached hydrogen (secondary N) is 1. The smallest absolute Gasteiger partial charge is 0.249 e. The maximum Gasteiger partial charge on any atom is 0.249 e. The minimum absolute atomic E-state index is 0.00157. The molecule has 1 aromatic carbocycles. The van der Waals surface area contributed by atoms with Crippen molar-refractivity contribution < 1.29 is 18.3 Å². The number of hydrogen-bond acceptors (Lipinski definition) is 4. The average molecular weight is 314 g/mol. The first-order chi connectivity index (χ1) is 9.59. The van der Waals surface area contributed by atoms with Gasteiger partial charge in [-0.25, -0.2) is 13.1 Å². The summed E-state index contributed by atoms with van der Waals surface area (Å²) in [6.45, 7) is 5.58. The second-order valence-corrected chi connectivity index (χ2v) is 7.57. The van der Waals surface area contributed by atoms with Gasteiger partial charge in [0.15, 0.2) is 0 Å². The normalized spacial score (nSPS) is 12.4. The first-order valence-electron chi connectivity index (χ1n) is 6.60. The number of aliphatic hydroxyl groups is 1. The molecule has 6 nitrogen and oxygen atoms in total. The summed E-state index contributed by atoms with van der Waals surface area (Å²) in [5.41, 5.74) is 5.68. The Balaban J connectivity index is 2.99. The molecule has 1 aromatic rings. The van der Waals surface area contributed by atoms with E-state index in [4.69, 9.17) is 10.8 Å². The number of primary amides is 1. The first kappa shape index (κ1) is 17.6. The van der Waals surface area contributed by atoms with Crippen molar-refractivity contribution in [2.75, 3.05) is 13.2 Å². The molecule has 0 saturated heterocycles. The predicted octanol–water partition coefficient (Wildman–Crippen LogP) is 0.781. The Bertz CT molecular complexity index is 624. The molecule has 0 saturated carbocycles. The van der Waals surface area contributed by atoms with Gasteiger partial charge < -0.3 is 10.8 Å². The molecule has 0 heterocycles. The van der Waals surface area contributed by atoms with Gasteiger partial charge in [-0.05, 0) is 36.5 Å². The van der Waals surface area contributed by atoms with Crippen LogP contribution in [0.4, 0.5) is 0 Å². The number of amides is 1. The number of rotatable bonds is 7. The van der Waals surface area contributed by atoms with Crippen LogP contribution in [0, 0.1) is 12.3 Å². The van der Waals surface area contributed by atoms with Gasteiger partial charge in [-0.1, -0.05) is 19.9 Å². The van der Waals surface area contributed by atoms with Crippen molar-refractivity contribution in [1.82, 2.24) is 4.72 Å². The maximum absolute atomic E-state index is 12.2. The summed E-state index contributed by atoms with van der Waals surface area (Å²) in [5.74, 6) is -0.662. The zero-order valence-electron chi connectivity index (χ0n) is 12.5. The molecule has 1 rings (SSSR count). The standard InChI is InChI=1S/C14H22N2O4S/c1-10-4-5-11(8-12(10)13(15)18)21(19,20)16-9-14(2,3)6-7-17/h4-5,8,16-17H,6-7,9H2,1-3H3,(H2,15,18). The van der Waals surface area contributed by atoms with Crippen LogP contribution in [0.1, 0.15) is 36.2 Å². The highest BCUT2D eigenvalue weighted by molar-refractivity contribution is 7.89. The zero-order chi connectivity index (χ0) is 16.3. The molecule has 21 heavy (non-hydrogen) atoms. The van der Waals surface area contributed by atoms with Gasteiger partial charge in [0.1, 0.15) is 0 Å². The SMILES string of the molecule is Cc1ccc(S(=O)(=O)NCC(C)(C)CCO)cc1C(N)=O. The molecule has 0 spiro atoms. The first-order valence-corrected chi connectivity index (χ1v) is 8.08. The summed E-state index contributed by atoms with van der Waals surface area (Å²) < 4.78 is 27.0. The molecule has 0 atom stereocenters. The molecular weight excluding hydrogens is 292 g/mol. The summed E-state index contributed by atoms with van der Waals surface area (Å²) in [5, 5.41) is 8.95. The number of aryl methyl sites for hydroxylation is 1. The highest BCUT2D eigenvalue weighted by Crippen LogP contribution is 2.20. The fourth-order valence-corrected chi connectivity index (χ4v) is 3.07. The van der Waals surface area contributed by atoms with Crippen LogP contribution < -0.4 is 10.5 Å². The van der Waals surface area contributed by atoms with Crippen LogP contribution in [0.2, 0.25) is 0 Å². The lowest BCUT2D eigenvalue weighted by Crippen LogP contribution is -2.34. The van der Waals surface area contributed by atoms with Gasteiger partial charge in [0.25, 0.3) is 0 Å². The molecule has 4 N–H and O–H groups in total.